The molecule has 0 radical (unpaired) electrons. The van der Waals surface area contributed by atoms with Gasteiger partial charge in [-0.15, -0.1) is 0 Å². The molecule has 2 aromatic carbocycles. The molecule has 22 heavy (non-hydrogen) atoms. The molecule has 0 aromatic heterocycles. The van der Waals surface area contributed by atoms with Crippen LogP contribution in [0.3, 0.4) is 0 Å². The van der Waals surface area contributed by atoms with Gasteiger partial charge in [0.1, 0.15) is 18.1 Å². The minimum absolute atomic E-state index is 0.309. The maximum absolute atomic E-state index is 11.7. The van der Waals surface area contributed by atoms with E-state index in [2.05, 4.69) is 10.6 Å². The lowest BCUT2D eigenvalue weighted by Crippen LogP contribution is -2.32. The van der Waals surface area contributed by atoms with Gasteiger partial charge < -0.3 is 20.1 Å². The van der Waals surface area contributed by atoms with Crippen LogP contribution in [0.5, 0.6) is 11.5 Å². The van der Waals surface area contributed by atoms with Gasteiger partial charge in [-0.3, -0.25) is 0 Å². The average Bonchev–Trinajstić information content (AvgIpc) is 2.53. The fourth-order valence-electron chi connectivity index (χ4n) is 1.76. The van der Waals surface area contributed by atoms with E-state index >= 15 is 0 Å². The van der Waals surface area contributed by atoms with Crippen LogP contribution in [0.25, 0.3) is 0 Å². The lowest BCUT2D eigenvalue weighted by Gasteiger charge is -2.10. The largest absolute Gasteiger partial charge is 0.497 e. The van der Waals surface area contributed by atoms with Crippen LogP contribution in [-0.2, 0) is 0 Å². The average molecular weight is 321 g/mol. The van der Waals surface area contributed by atoms with Gasteiger partial charge in [-0.25, -0.2) is 4.79 Å². The monoisotopic (exact) mass is 320 g/mol. The standard InChI is InChI=1S/C16H17ClN2O3/c1-21-13-6-4-5-12(11-13)19-16(20)18-9-10-22-15-8-3-2-7-14(15)17/h2-8,11H,9-10H2,1H3,(H2,18,19,20). The molecule has 2 N–H and O–H groups in total. The van der Waals surface area contributed by atoms with Gasteiger partial charge >= 0.3 is 6.03 Å². The molecule has 0 aliphatic rings. The number of ether oxygens (including phenoxy) is 2. The van der Waals surface area contributed by atoms with E-state index in [-0.39, 0.29) is 6.03 Å². The molecule has 0 saturated carbocycles. The highest BCUT2D eigenvalue weighted by molar-refractivity contribution is 6.32. The molecule has 5 nitrogen and oxygen atoms in total. The zero-order valence-electron chi connectivity index (χ0n) is 12.1. The summed E-state index contributed by atoms with van der Waals surface area (Å²) in [6, 6.07) is 14.0. The Hall–Kier alpha value is -2.40. The van der Waals surface area contributed by atoms with Crippen molar-refractivity contribution < 1.29 is 14.3 Å². The molecule has 0 fully saturated rings. The van der Waals surface area contributed by atoms with Gasteiger partial charge in [0.15, 0.2) is 0 Å². The maximum Gasteiger partial charge on any atom is 0.319 e. The van der Waals surface area contributed by atoms with Crippen LogP contribution in [0.15, 0.2) is 48.5 Å². The van der Waals surface area contributed by atoms with Crippen LogP contribution in [0, 0.1) is 0 Å². The second-order valence-electron chi connectivity index (χ2n) is 4.39. The molecule has 116 valence electrons. The van der Waals surface area contributed by atoms with Crippen molar-refractivity contribution in [2.24, 2.45) is 0 Å². The second kappa shape index (κ2) is 8.14. The molecule has 0 heterocycles. The highest BCUT2D eigenvalue weighted by Gasteiger charge is 2.03. The fourth-order valence-corrected chi connectivity index (χ4v) is 1.95. The Morgan fingerprint density at radius 2 is 2.00 bits per heavy atom. The number of anilines is 1. The van der Waals surface area contributed by atoms with E-state index in [1.54, 1.807) is 43.5 Å². The van der Waals surface area contributed by atoms with E-state index in [1.807, 2.05) is 12.1 Å². The number of carbonyl (C=O) groups is 1. The third kappa shape index (κ3) is 4.86. The van der Waals surface area contributed by atoms with E-state index in [9.17, 15) is 4.79 Å². The lowest BCUT2D eigenvalue weighted by molar-refractivity contribution is 0.247. The van der Waals surface area contributed by atoms with Crippen LogP contribution in [0.4, 0.5) is 10.5 Å². The van der Waals surface area contributed by atoms with Crippen molar-refractivity contribution in [2.75, 3.05) is 25.6 Å². The number of amides is 2. The first kappa shape index (κ1) is 16.0. The van der Waals surface area contributed by atoms with Crippen molar-refractivity contribution in [1.82, 2.24) is 5.32 Å². The number of urea groups is 1. The molecule has 0 aliphatic carbocycles. The number of halogens is 1. The highest BCUT2D eigenvalue weighted by Crippen LogP contribution is 2.22. The van der Waals surface area contributed by atoms with Crippen LogP contribution < -0.4 is 20.1 Å². The van der Waals surface area contributed by atoms with E-state index in [0.29, 0.717) is 35.4 Å². The summed E-state index contributed by atoms with van der Waals surface area (Å²) in [4.78, 5) is 11.7. The highest BCUT2D eigenvalue weighted by atomic mass is 35.5. The summed E-state index contributed by atoms with van der Waals surface area (Å²) < 4.78 is 10.6. The third-order valence-electron chi connectivity index (χ3n) is 2.81. The molecule has 0 unspecified atom stereocenters. The van der Waals surface area contributed by atoms with Crippen LogP contribution in [0.1, 0.15) is 0 Å². The van der Waals surface area contributed by atoms with Gasteiger partial charge in [0, 0.05) is 11.8 Å². The number of carbonyl (C=O) groups excluding carboxylic acids is 1. The number of hydrogen-bond donors (Lipinski definition) is 2. The zero-order valence-corrected chi connectivity index (χ0v) is 12.9. The van der Waals surface area contributed by atoms with Gasteiger partial charge in [-0.05, 0) is 24.3 Å². The number of hydrogen-bond acceptors (Lipinski definition) is 3. The topological polar surface area (TPSA) is 59.6 Å². The van der Waals surface area contributed by atoms with E-state index in [1.165, 1.54) is 0 Å². The quantitative estimate of drug-likeness (QED) is 0.800. The van der Waals surface area contributed by atoms with Crippen LogP contribution in [-0.4, -0.2) is 26.3 Å². The number of rotatable bonds is 6. The summed E-state index contributed by atoms with van der Waals surface area (Å²) in [6.07, 6.45) is 0. The van der Waals surface area contributed by atoms with Crippen molar-refractivity contribution >= 4 is 23.3 Å². The van der Waals surface area contributed by atoms with E-state index in [4.69, 9.17) is 21.1 Å². The first-order valence-electron chi connectivity index (χ1n) is 6.75. The molecular formula is C16H17ClN2O3. The van der Waals surface area contributed by atoms with Crippen molar-refractivity contribution in [3.05, 3.63) is 53.6 Å². The van der Waals surface area contributed by atoms with Gasteiger partial charge in [0.25, 0.3) is 0 Å². The maximum atomic E-state index is 11.7. The Morgan fingerprint density at radius 1 is 1.18 bits per heavy atom. The molecule has 2 amide bonds. The number of para-hydroxylation sites is 1. The fraction of sp³-hybridized carbons (Fsp3) is 0.188. The first-order chi connectivity index (χ1) is 10.7. The third-order valence-corrected chi connectivity index (χ3v) is 3.12. The summed E-state index contributed by atoms with van der Waals surface area (Å²) in [5, 5.41) is 5.96. The van der Waals surface area contributed by atoms with Crippen molar-refractivity contribution in [2.45, 2.75) is 0 Å². The Bertz CT molecular complexity index is 634. The van der Waals surface area contributed by atoms with E-state index in [0.717, 1.165) is 0 Å². The van der Waals surface area contributed by atoms with Gasteiger partial charge in [0.05, 0.1) is 18.7 Å². The molecule has 0 saturated heterocycles. The number of benzene rings is 2. The first-order valence-corrected chi connectivity index (χ1v) is 7.13. The predicted molar refractivity (Wildman–Crippen MR) is 87.0 cm³/mol. The number of methoxy groups -OCH3 is 1. The Kier molecular flexibility index (Phi) is 5.91. The SMILES string of the molecule is COc1cccc(NC(=O)NCCOc2ccccc2Cl)c1. The Morgan fingerprint density at radius 3 is 2.77 bits per heavy atom. The zero-order chi connectivity index (χ0) is 15.8. The molecule has 0 bridgehead atoms. The molecule has 0 aliphatic heterocycles. The minimum Gasteiger partial charge on any atom is -0.497 e. The summed E-state index contributed by atoms with van der Waals surface area (Å²) in [6.45, 7) is 0.691. The molecular weight excluding hydrogens is 304 g/mol. The second-order valence-corrected chi connectivity index (χ2v) is 4.80. The van der Waals surface area contributed by atoms with Crippen LogP contribution >= 0.6 is 11.6 Å². The predicted octanol–water partition coefficient (Wildman–Crippen LogP) is 3.55. The van der Waals surface area contributed by atoms with Crippen molar-refractivity contribution in [3.63, 3.8) is 0 Å². The molecule has 6 heteroatoms. The Labute approximate surface area is 134 Å². The van der Waals surface area contributed by atoms with Gasteiger partial charge in [0.2, 0.25) is 0 Å². The molecule has 2 aromatic rings. The summed E-state index contributed by atoms with van der Waals surface area (Å²) in [5.74, 6) is 1.28. The lowest BCUT2D eigenvalue weighted by atomic mass is 10.3. The van der Waals surface area contributed by atoms with Crippen molar-refractivity contribution in [1.29, 1.82) is 0 Å². The van der Waals surface area contributed by atoms with Crippen molar-refractivity contribution in [3.8, 4) is 11.5 Å². The normalized spacial score (nSPS) is 9.91. The number of nitrogens with one attached hydrogen (secondary N) is 2. The molecule has 2 rings (SSSR count). The van der Waals surface area contributed by atoms with Gasteiger partial charge in [-0.1, -0.05) is 29.8 Å². The Balaban J connectivity index is 1.73. The summed E-state index contributed by atoms with van der Waals surface area (Å²) in [5.41, 5.74) is 0.656. The summed E-state index contributed by atoms with van der Waals surface area (Å²) >= 11 is 5.97. The smallest absolute Gasteiger partial charge is 0.319 e. The van der Waals surface area contributed by atoms with E-state index < -0.39 is 0 Å². The minimum atomic E-state index is -0.309. The van der Waals surface area contributed by atoms with Gasteiger partial charge in [-0.2, -0.15) is 0 Å². The molecule has 0 spiro atoms. The molecule has 0 atom stereocenters. The van der Waals surface area contributed by atoms with Crippen LogP contribution in [0.2, 0.25) is 5.02 Å². The summed E-state index contributed by atoms with van der Waals surface area (Å²) in [7, 11) is 1.57.